The molecule has 0 bridgehead atoms. The molecule has 0 saturated carbocycles. The molecule has 0 fully saturated rings. The molecule has 0 saturated heterocycles. The number of amides is 5. The molecule has 0 aliphatic heterocycles. The zero-order valence-corrected chi connectivity index (χ0v) is 19.9. The fourth-order valence-corrected chi connectivity index (χ4v) is 3.12. The molecule has 36 heavy (non-hydrogen) atoms. The first-order chi connectivity index (χ1) is 16.7. The van der Waals surface area contributed by atoms with Crippen LogP contribution in [0.1, 0.15) is 32.3 Å². The van der Waals surface area contributed by atoms with Crippen molar-refractivity contribution in [1.29, 1.82) is 0 Å². The molecule has 4 atom stereocenters. The number of nitrogens with one attached hydrogen (secondary N) is 3. The van der Waals surface area contributed by atoms with Gasteiger partial charge in [-0.15, -0.1) is 0 Å². The van der Waals surface area contributed by atoms with E-state index in [-0.39, 0.29) is 12.2 Å². The third-order valence-corrected chi connectivity index (χ3v) is 5.03. The van der Waals surface area contributed by atoms with E-state index in [2.05, 4.69) is 16.0 Å². The van der Waals surface area contributed by atoms with Gasteiger partial charge in [0.25, 0.3) is 0 Å². The van der Waals surface area contributed by atoms with Gasteiger partial charge >= 0.3 is 5.97 Å². The number of carbonyl (C=O) groups is 6. The molecular formula is C22H32N6O8. The Hall–Kier alpha value is -4.20. The lowest BCUT2D eigenvalue weighted by molar-refractivity contribution is -0.144. The molecule has 5 amide bonds. The normalized spacial score (nSPS) is 14.1. The minimum absolute atomic E-state index is 0.0206. The highest BCUT2D eigenvalue weighted by Gasteiger charge is 2.32. The van der Waals surface area contributed by atoms with Crippen molar-refractivity contribution in [3.05, 3.63) is 29.8 Å². The minimum atomic E-state index is -1.60. The number of carboxylic acids is 1. The molecule has 0 aromatic heterocycles. The van der Waals surface area contributed by atoms with Crippen LogP contribution in [0, 0.1) is 5.92 Å². The Balaban J connectivity index is 3.12. The lowest BCUT2D eigenvalue weighted by Crippen LogP contribution is -2.59. The summed E-state index contributed by atoms with van der Waals surface area (Å²) >= 11 is 0. The Morgan fingerprint density at radius 1 is 0.806 bits per heavy atom. The van der Waals surface area contributed by atoms with E-state index in [1.807, 2.05) is 0 Å². The average molecular weight is 509 g/mol. The van der Waals surface area contributed by atoms with Crippen molar-refractivity contribution < 1.29 is 39.0 Å². The second-order valence-electron chi connectivity index (χ2n) is 8.51. The number of carboxylic acid groups (broad SMARTS) is 1. The maximum atomic E-state index is 13.1. The summed E-state index contributed by atoms with van der Waals surface area (Å²) in [4.78, 5) is 71.9. The Morgan fingerprint density at radius 3 is 1.81 bits per heavy atom. The number of primary amides is 2. The number of hydrogen-bond acceptors (Lipinski definition) is 8. The van der Waals surface area contributed by atoms with Crippen molar-refractivity contribution >= 4 is 35.5 Å². The lowest BCUT2D eigenvalue weighted by Gasteiger charge is -2.27. The third-order valence-electron chi connectivity index (χ3n) is 5.03. The van der Waals surface area contributed by atoms with Crippen LogP contribution < -0.4 is 33.2 Å². The summed E-state index contributed by atoms with van der Waals surface area (Å²) in [5.41, 5.74) is 16.3. The molecule has 14 heteroatoms. The Kier molecular flexibility index (Phi) is 11.3. The number of nitrogens with two attached hydrogens (primary N) is 3. The largest absolute Gasteiger partial charge is 0.508 e. The number of rotatable bonds is 14. The van der Waals surface area contributed by atoms with Gasteiger partial charge in [0.2, 0.25) is 29.5 Å². The van der Waals surface area contributed by atoms with Crippen molar-refractivity contribution in [2.75, 3.05) is 0 Å². The number of phenolic OH excluding ortho intramolecular Hbond substituents is 1. The molecule has 11 N–H and O–H groups in total. The van der Waals surface area contributed by atoms with Gasteiger partial charge in [0.05, 0.1) is 18.9 Å². The first-order valence-electron chi connectivity index (χ1n) is 10.9. The number of aliphatic carboxylic acids is 1. The summed E-state index contributed by atoms with van der Waals surface area (Å²) in [6.45, 7) is 3.18. The van der Waals surface area contributed by atoms with Gasteiger partial charge in [-0.05, 0) is 23.6 Å². The van der Waals surface area contributed by atoms with Gasteiger partial charge in [-0.2, -0.15) is 0 Å². The first-order valence-corrected chi connectivity index (χ1v) is 10.9. The SMILES string of the molecule is CC(C)C(NC(=O)C(Cc1ccc(O)cc1)NC(=O)C(N)CC(N)=O)C(=O)NC(CC(N)=O)C(=O)O. The molecule has 198 valence electrons. The highest BCUT2D eigenvalue weighted by atomic mass is 16.4. The quantitative estimate of drug-likeness (QED) is 0.129. The van der Waals surface area contributed by atoms with E-state index < -0.39 is 78.4 Å². The van der Waals surface area contributed by atoms with Crippen LogP contribution in [-0.2, 0) is 35.2 Å². The lowest BCUT2D eigenvalue weighted by atomic mass is 10.00. The van der Waals surface area contributed by atoms with E-state index in [4.69, 9.17) is 17.2 Å². The van der Waals surface area contributed by atoms with Gasteiger partial charge in [-0.1, -0.05) is 26.0 Å². The second-order valence-corrected chi connectivity index (χ2v) is 8.51. The van der Waals surface area contributed by atoms with Crippen LogP contribution in [0.25, 0.3) is 0 Å². The van der Waals surface area contributed by atoms with E-state index in [1.165, 1.54) is 24.3 Å². The second kappa shape index (κ2) is 13.6. The fourth-order valence-electron chi connectivity index (χ4n) is 3.12. The van der Waals surface area contributed by atoms with Crippen molar-refractivity contribution in [2.24, 2.45) is 23.1 Å². The van der Waals surface area contributed by atoms with Crippen LogP contribution in [-0.4, -0.2) is 69.9 Å². The molecule has 0 spiro atoms. The third kappa shape index (κ3) is 9.97. The maximum absolute atomic E-state index is 13.1. The van der Waals surface area contributed by atoms with Crippen LogP contribution in [0.2, 0.25) is 0 Å². The standard InChI is InChI=1S/C22H32N6O8/c1-10(2)18(21(34)27-15(22(35)36)9-17(25)31)28-20(33)14(7-11-3-5-12(29)6-4-11)26-19(32)13(23)8-16(24)30/h3-6,10,13-15,18,29H,7-9,23H2,1-2H3,(H2,24,30)(H2,25,31)(H,26,32)(H,27,34)(H,28,33)(H,35,36). The van der Waals surface area contributed by atoms with Crippen LogP contribution in [0.3, 0.4) is 0 Å². The van der Waals surface area contributed by atoms with E-state index in [0.717, 1.165) is 0 Å². The van der Waals surface area contributed by atoms with Gasteiger partial charge < -0.3 is 43.4 Å². The van der Waals surface area contributed by atoms with Crippen LogP contribution in [0.5, 0.6) is 5.75 Å². The summed E-state index contributed by atoms with van der Waals surface area (Å²) in [6.07, 6.45) is -1.20. The zero-order chi connectivity index (χ0) is 27.6. The number of phenols is 1. The number of benzene rings is 1. The van der Waals surface area contributed by atoms with Crippen LogP contribution in [0.15, 0.2) is 24.3 Å². The summed E-state index contributed by atoms with van der Waals surface area (Å²) in [5.74, 6) is -6.34. The van der Waals surface area contributed by atoms with Crippen LogP contribution >= 0.6 is 0 Å². The fraction of sp³-hybridized carbons (Fsp3) is 0.455. The zero-order valence-electron chi connectivity index (χ0n) is 19.9. The summed E-state index contributed by atoms with van der Waals surface area (Å²) in [7, 11) is 0. The molecule has 1 aromatic rings. The van der Waals surface area contributed by atoms with Gasteiger partial charge in [0, 0.05) is 6.42 Å². The van der Waals surface area contributed by atoms with Crippen molar-refractivity contribution in [3.8, 4) is 5.75 Å². The molecule has 1 rings (SSSR count). The van der Waals surface area contributed by atoms with Gasteiger partial charge in [-0.25, -0.2) is 4.79 Å². The Morgan fingerprint density at radius 2 is 1.33 bits per heavy atom. The van der Waals surface area contributed by atoms with E-state index in [9.17, 15) is 39.0 Å². The Labute approximate surface area is 206 Å². The summed E-state index contributed by atoms with van der Waals surface area (Å²) in [6, 6.07) is 0.333. The minimum Gasteiger partial charge on any atom is -0.508 e. The molecule has 4 unspecified atom stereocenters. The smallest absolute Gasteiger partial charge is 0.326 e. The molecule has 1 aromatic carbocycles. The molecule has 0 radical (unpaired) electrons. The predicted octanol–water partition coefficient (Wildman–Crippen LogP) is -2.79. The van der Waals surface area contributed by atoms with Crippen molar-refractivity contribution in [3.63, 3.8) is 0 Å². The molecule has 0 aliphatic carbocycles. The monoisotopic (exact) mass is 508 g/mol. The van der Waals surface area contributed by atoms with Crippen LogP contribution in [0.4, 0.5) is 0 Å². The van der Waals surface area contributed by atoms with Gasteiger partial charge in [0.1, 0.15) is 23.9 Å². The molecular weight excluding hydrogens is 476 g/mol. The molecule has 0 heterocycles. The maximum Gasteiger partial charge on any atom is 0.326 e. The highest BCUT2D eigenvalue weighted by Crippen LogP contribution is 2.12. The summed E-state index contributed by atoms with van der Waals surface area (Å²) < 4.78 is 0. The molecule has 14 nitrogen and oxygen atoms in total. The van der Waals surface area contributed by atoms with Gasteiger partial charge in [-0.3, -0.25) is 24.0 Å². The van der Waals surface area contributed by atoms with Crippen molar-refractivity contribution in [2.45, 2.75) is 57.3 Å². The Bertz CT molecular complexity index is 981. The number of aromatic hydroxyl groups is 1. The van der Waals surface area contributed by atoms with E-state index in [0.29, 0.717) is 5.56 Å². The van der Waals surface area contributed by atoms with E-state index in [1.54, 1.807) is 13.8 Å². The number of carbonyl (C=O) groups excluding carboxylic acids is 5. The molecule has 0 aliphatic rings. The average Bonchev–Trinajstić information content (AvgIpc) is 2.76. The summed E-state index contributed by atoms with van der Waals surface area (Å²) in [5, 5.41) is 25.8. The highest BCUT2D eigenvalue weighted by molar-refractivity contribution is 5.95. The van der Waals surface area contributed by atoms with Crippen molar-refractivity contribution in [1.82, 2.24) is 16.0 Å². The topological polar surface area (TPSA) is 257 Å². The predicted molar refractivity (Wildman–Crippen MR) is 126 cm³/mol. The first kappa shape index (κ1) is 29.8. The van der Waals surface area contributed by atoms with Gasteiger partial charge in [0.15, 0.2) is 0 Å². The van der Waals surface area contributed by atoms with E-state index >= 15 is 0 Å². The number of hydrogen-bond donors (Lipinski definition) is 8.